The molecule has 0 fully saturated rings. The van der Waals surface area contributed by atoms with E-state index in [0.29, 0.717) is 19.7 Å². The first kappa shape index (κ1) is 17.3. The Morgan fingerprint density at radius 1 is 1.00 bits per heavy atom. The van der Waals surface area contributed by atoms with Crippen LogP contribution in [0.3, 0.4) is 0 Å². The van der Waals surface area contributed by atoms with Crippen LogP contribution in [0.2, 0.25) is 5.02 Å². The van der Waals surface area contributed by atoms with Gasteiger partial charge in [0.05, 0.1) is 6.61 Å². The molecule has 2 N–H and O–H groups in total. The Morgan fingerprint density at radius 2 is 1.65 bits per heavy atom. The van der Waals surface area contributed by atoms with E-state index in [1.165, 1.54) is 11.1 Å². The second-order valence-corrected chi connectivity index (χ2v) is 5.60. The zero-order valence-electron chi connectivity index (χ0n) is 13.5. The lowest BCUT2D eigenvalue weighted by molar-refractivity contribution is 0.185. The summed E-state index contributed by atoms with van der Waals surface area (Å²) in [5.74, 6) is 0.756. The van der Waals surface area contributed by atoms with Crippen LogP contribution in [-0.4, -0.2) is 20.1 Å². The number of rotatable bonds is 6. The highest BCUT2D eigenvalue weighted by Crippen LogP contribution is 2.10. The Hall–Kier alpha value is -2.04. The summed E-state index contributed by atoms with van der Waals surface area (Å²) in [5, 5.41) is 7.31. The summed E-state index contributed by atoms with van der Waals surface area (Å²) in [6.07, 6.45) is 0. The lowest BCUT2D eigenvalue weighted by Gasteiger charge is -2.12. The standard InChI is InChI=1S/C18H22ClN3O/c1-20-18(22-12-16-4-3-5-17(19)10-16)21-11-14-6-8-15(9-7-14)13-23-2/h3-10H,11-13H2,1-2H3,(H2,20,21,22). The van der Waals surface area contributed by atoms with Crippen LogP contribution >= 0.6 is 11.6 Å². The van der Waals surface area contributed by atoms with Crippen LogP contribution in [-0.2, 0) is 24.4 Å². The Kier molecular flexibility index (Phi) is 6.91. The lowest BCUT2D eigenvalue weighted by Crippen LogP contribution is -2.36. The minimum Gasteiger partial charge on any atom is -0.380 e. The number of ether oxygens (including phenoxy) is 1. The smallest absolute Gasteiger partial charge is 0.191 e. The number of nitrogens with zero attached hydrogens (tertiary/aromatic N) is 1. The average Bonchev–Trinajstić information content (AvgIpc) is 2.57. The molecule has 5 heteroatoms. The highest BCUT2D eigenvalue weighted by atomic mass is 35.5. The predicted octanol–water partition coefficient (Wildman–Crippen LogP) is 3.35. The van der Waals surface area contributed by atoms with Gasteiger partial charge in [0.25, 0.3) is 0 Å². The Balaban J connectivity index is 1.83. The molecule has 0 bridgehead atoms. The van der Waals surface area contributed by atoms with Gasteiger partial charge < -0.3 is 15.4 Å². The molecule has 4 nitrogen and oxygen atoms in total. The summed E-state index contributed by atoms with van der Waals surface area (Å²) < 4.78 is 5.11. The second-order valence-electron chi connectivity index (χ2n) is 5.16. The van der Waals surface area contributed by atoms with Crippen molar-refractivity contribution in [2.45, 2.75) is 19.7 Å². The van der Waals surface area contributed by atoms with Crippen LogP contribution in [0.15, 0.2) is 53.5 Å². The summed E-state index contributed by atoms with van der Waals surface area (Å²) in [7, 11) is 3.46. The van der Waals surface area contributed by atoms with Crippen LogP contribution in [0.1, 0.15) is 16.7 Å². The van der Waals surface area contributed by atoms with Gasteiger partial charge in [-0.05, 0) is 28.8 Å². The number of hydrogen-bond acceptors (Lipinski definition) is 2. The first-order valence-electron chi connectivity index (χ1n) is 7.47. The van der Waals surface area contributed by atoms with Crippen molar-refractivity contribution in [2.24, 2.45) is 4.99 Å². The van der Waals surface area contributed by atoms with Gasteiger partial charge in [-0.25, -0.2) is 0 Å². The molecule has 2 aromatic rings. The van der Waals surface area contributed by atoms with Crippen LogP contribution < -0.4 is 10.6 Å². The molecular formula is C18H22ClN3O. The molecule has 23 heavy (non-hydrogen) atoms. The van der Waals surface area contributed by atoms with Crippen molar-refractivity contribution in [1.29, 1.82) is 0 Å². The molecule has 2 rings (SSSR count). The van der Waals surface area contributed by atoms with Crippen molar-refractivity contribution >= 4 is 17.6 Å². The SMILES string of the molecule is CN=C(NCc1ccc(COC)cc1)NCc1cccc(Cl)c1. The fourth-order valence-corrected chi connectivity index (χ4v) is 2.37. The molecule has 0 saturated heterocycles. The van der Waals surface area contributed by atoms with Crippen LogP contribution in [0.25, 0.3) is 0 Å². The Labute approximate surface area is 142 Å². The fourth-order valence-electron chi connectivity index (χ4n) is 2.16. The highest BCUT2D eigenvalue weighted by Gasteiger charge is 2.00. The second kappa shape index (κ2) is 9.18. The maximum atomic E-state index is 5.99. The molecule has 0 spiro atoms. The van der Waals surface area contributed by atoms with Crippen LogP contribution in [0, 0.1) is 0 Å². The molecule has 122 valence electrons. The summed E-state index contributed by atoms with van der Waals surface area (Å²) in [4.78, 5) is 4.23. The minimum atomic E-state index is 0.635. The van der Waals surface area contributed by atoms with E-state index in [1.54, 1.807) is 14.2 Å². The number of benzene rings is 2. The van der Waals surface area contributed by atoms with E-state index in [2.05, 4.69) is 39.9 Å². The maximum absolute atomic E-state index is 5.99. The molecule has 0 heterocycles. The van der Waals surface area contributed by atoms with Crippen LogP contribution in [0.5, 0.6) is 0 Å². The molecule has 2 aromatic carbocycles. The lowest BCUT2D eigenvalue weighted by atomic mass is 10.1. The first-order valence-corrected chi connectivity index (χ1v) is 7.85. The molecule has 0 atom stereocenters. The van der Waals surface area contributed by atoms with Crippen molar-refractivity contribution in [3.8, 4) is 0 Å². The third-order valence-corrected chi connectivity index (χ3v) is 3.60. The van der Waals surface area contributed by atoms with Gasteiger partial charge >= 0.3 is 0 Å². The Morgan fingerprint density at radius 3 is 2.26 bits per heavy atom. The number of hydrogen-bond donors (Lipinski definition) is 2. The van der Waals surface area contributed by atoms with Crippen molar-refractivity contribution in [3.63, 3.8) is 0 Å². The molecule has 0 aliphatic rings. The van der Waals surface area contributed by atoms with E-state index in [1.807, 2.05) is 24.3 Å². The van der Waals surface area contributed by atoms with Gasteiger partial charge in [0, 0.05) is 32.3 Å². The van der Waals surface area contributed by atoms with Gasteiger partial charge in [-0.1, -0.05) is 48.0 Å². The molecule has 0 amide bonds. The van der Waals surface area contributed by atoms with E-state index in [0.717, 1.165) is 16.5 Å². The third kappa shape index (κ3) is 5.93. The van der Waals surface area contributed by atoms with Gasteiger partial charge in [0.1, 0.15) is 0 Å². The normalized spacial score (nSPS) is 11.3. The quantitative estimate of drug-likeness (QED) is 0.630. The van der Waals surface area contributed by atoms with E-state index >= 15 is 0 Å². The van der Waals surface area contributed by atoms with E-state index in [9.17, 15) is 0 Å². The molecule has 0 radical (unpaired) electrons. The molecule has 0 aromatic heterocycles. The van der Waals surface area contributed by atoms with Crippen molar-refractivity contribution in [1.82, 2.24) is 10.6 Å². The molecule has 0 saturated carbocycles. The van der Waals surface area contributed by atoms with Gasteiger partial charge in [0.2, 0.25) is 0 Å². The minimum absolute atomic E-state index is 0.635. The monoisotopic (exact) mass is 331 g/mol. The summed E-state index contributed by atoms with van der Waals surface area (Å²) >= 11 is 5.99. The third-order valence-electron chi connectivity index (χ3n) is 3.37. The highest BCUT2D eigenvalue weighted by molar-refractivity contribution is 6.30. The van der Waals surface area contributed by atoms with E-state index in [-0.39, 0.29) is 0 Å². The van der Waals surface area contributed by atoms with Crippen LogP contribution in [0.4, 0.5) is 0 Å². The number of aliphatic imine (C=N–C) groups is 1. The Bertz CT molecular complexity index is 641. The van der Waals surface area contributed by atoms with Gasteiger partial charge in [0.15, 0.2) is 5.96 Å². The van der Waals surface area contributed by atoms with Crippen molar-refractivity contribution in [2.75, 3.05) is 14.2 Å². The fraction of sp³-hybridized carbons (Fsp3) is 0.278. The molecule has 0 aliphatic carbocycles. The largest absolute Gasteiger partial charge is 0.380 e. The summed E-state index contributed by atoms with van der Waals surface area (Å²) in [5.41, 5.74) is 3.47. The maximum Gasteiger partial charge on any atom is 0.191 e. The van der Waals surface area contributed by atoms with Crippen molar-refractivity contribution < 1.29 is 4.74 Å². The van der Waals surface area contributed by atoms with Gasteiger partial charge in [-0.3, -0.25) is 4.99 Å². The van der Waals surface area contributed by atoms with Gasteiger partial charge in [-0.2, -0.15) is 0 Å². The molecule has 0 aliphatic heterocycles. The number of halogens is 1. The zero-order valence-corrected chi connectivity index (χ0v) is 14.2. The van der Waals surface area contributed by atoms with Gasteiger partial charge in [-0.15, -0.1) is 0 Å². The van der Waals surface area contributed by atoms with Crippen molar-refractivity contribution in [3.05, 3.63) is 70.2 Å². The summed E-state index contributed by atoms with van der Waals surface area (Å²) in [6.45, 7) is 2.02. The molecule has 0 unspecified atom stereocenters. The summed E-state index contributed by atoms with van der Waals surface area (Å²) in [6, 6.07) is 16.1. The zero-order chi connectivity index (χ0) is 16.5. The molecular weight excluding hydrogens is 310 g/mol. The van der Waals surface area contributed by atoms with E-state index in [4.69, 9.17) is 16.3 Å². The van der Waals surface area contributed by atoms with E-state index < -0.39 is 0 Å². The first-order chi connectivity index (χ1) is 11.2. The number of methoxy groups -OCH3 is 1. The topological polar surface area (TPSA) is 45.7 Å². The predicted molar refractivity (Wildman–Crippen MR) is 95.6 cm³/mol. The number of guanidine groups is 1. The number of nitrogens with one attached hydrogen (secondary N) is 2. The average molecular weight is 332 g/mol.